The van der Waals surface area contributed by atoms with E-state index in [-0.39, 0.29) is 29.3 Å². The Balaban J connectivity index is 0.00000218. The number of Topliss-reactive ketones (excluding diaryl/α,β-unsaturated/α-hetero) is 1. The SMILES string of the molecule is Br.O=C(C[n+]1ccc(-c2cccc3ccccc23)nc1)c1cccc2ccccc12. The lowest BCUT2D eigenvalue weighted by Crippen LogP contribution is -2.37. The van der Waals surface area contributed by atoms with E-state index in [0.717, 1.165) is 27.6 Å². The van der Waals surface area contributed by atoms with Gasteiger partial charge in [0.1, 0.15) is 0 Å². The van der Waals surface area contributed by atoms with Gasteiger partial charge < -0.3 is 0 Å². The molecule has 0 fully saturated rings. The Morgan fingerprint density at radius 2 is 1.37 bits per heavy atom. The largest absolute Gasteiger partial charge is 0.290 e. The van der Waals surface area contributed by atoms with E-state index >= 15 is 0 Å². The van der Waals surface area contributed by atoms with Gasteiger partial charge in [0.25, 0.3) is 6.33 Å². The van der Waals surface area contributed by atoms with Crippen LogP contribution in [0.3, 0.4) is 0 Å². The van der Waals surface area contributed by atoms with E-state index in [9.17, 15) is 4.79 Å². The molecule has 3 nitrogen and oxygen atoms in total. The highest BCUT2D eigenvalue weighted by Gasteiger charge is 2.15. The average molecular weight is 456 g/mol. The van der Waals surface area contributed by atoms with Crippen LogP contribution >= 0.6 is 17.0 Å². The van der Waals surface area contributed by atoms with Gasteiger partial charge in [0.05, 0.1) is 6.20 Å². The molecule has 0 aliphatic carbocycles. The third kappa shape index (κ3) is 3.74. The maximum Gasteiger partial charge on any atom is 0.287 e. The maximum atomic E-state index is 12.9. The Labute approximate surface area is 185 Å². The fraction of sp³-hybridized carbons (Fsp3) is 0.0385. The highest BCUT2D eigenvalue weighted by atomic mass is 79.9. The molecule has 0 radical (unpaired) electrons. The number of nitrogens with zero attached hydrogens (tertiary/aromatic N) is 2. The van der Waals surface area contributed by atoms with Crippen molar-refractivity contribution in [2.45, 2.75) is 6.54 Å². The van der Waals surface area contributed by atoms with Gasteiger partial charge in [-0.3, -0.25) is 4.79 Å². The summed E-state index contributed by atoms with van der Waals surface area (Å²) in [5, 5.41) is 4.43. The van der Waals surface area contributed by atoms with Crippen LogP contribution in [-0.2, 0) is 6.54 Å². The van der Waals surface area contributed by atoms with Crippen LogP contribution in [-0.4, -0.2) is 10.8 Å². The first kappa shape index (κ1) is 19.9. The van der Waals surface area contributed by atoms with Crippen LogP contribution in [0.25, 0.3) is 32.8 Å². The molecule has 1 heterocycles. The number of hydrogen-bond acceptors (Lipinski definition) is 2. The van der Waals surface area contributed by atoms with Crippen molar-refractivity contribution in [3.63, 3.8) is 0 Å². The molecule has 5 rings (SSSR count). The fourth-order valence-electron chi connectivity index (χ4n) is 3.81. The molecule has 0 atom stereocenters. The molecule has 0 saturated heterocycles. The zero-order valence-corrected chi connectivity index (χ0v) is 17.9. The van der Waals surface area contributed by atoms with E-state index in [1.54, 1.807) is 6.33 Å². The first-order valence-electron chi connectivity index (χ1n) is 9.64. The number of benzene rings is 4. The zero-order chi connectivity index (χ0) is 19.6. The molecule has 0 N–H and O–H groups in total. The standard InChI is InChI=1S/C26H19N2O.BrH/c29-26(24-14-6-10-20-8-2-4-12-22(20)24)17-28-16-15-25(27-18-28)23-13-5-9-19-7-1-3-11-21(19)23;/h1-16,18H,17H2;1H/q+1;. The molecule has 0 aliphatic heterocycles. The van der Waals surface area contributed by atoms with Crippen LogP contribution in [0.5, 0.6) is 0 Å². The van der Waals surface area contributed by atoms with Crippen LogP contribution < -0.4 is 4.57 Å². The highest BCUT2D eigenvalue weighted by molar-refractivity contribution is 8.93. The van der Waals surface area contributed by atoms with Crippen molar-refractivity contribution >= 4 is 44.3 Å². The van der Waals surface area contributed by atoms with Gasteiger partial charge in [0.15, 0.2) is 12.2 Å². The van der Waals surface area contributed by atoms with Gasteiger partial charge >= 0.3 is 0 Å². The third-order valence-corrected chi connectivity index (χ3v) is 5.25. The topological polar surface area (TPSA) is 33.8 Å². The summed E-state index contributed by atoms with van der Waals surface area (Å²) in [5.41, 5.74) is 2.74. The molecule has 0 aliphatic rings. The van der Waals surface area contributed by atoms with Crippen LogP contribution in [0, 0.1) is 0 Å². The quantitative estimate of drug-likeness (QED) is 0.253. The maximum absolute atomic E-state index is 12.9. The second kappa shape index (κ2) is 8.56. The summed E-state index contributed by atoms with van der Waals surface area (Å²) in [4.78, 5) is 17.5. The molecular formula is C26H20BrN2O+. The molecule has 0 bridgehead atoms. The van der Waals surface area contributed by atoms with E-state index in [2.05, 4.69) is 29.2 Å². The van der Waals surface area contributed by atoms with Gasteiger partial charge in [-0.1, -0.05) is 78.9 Å². The van der Waals surface area contributed by atoms with Crippen molar-refractivity contribution < 1.29 is 9.36 Å². The predicted molar refractivity (Wildman–Crippen MR) is 126 cm³/mol. The molecule has 0 unspecified atom stereocenters. The van der Waals surface area contributed by atoms with Gasteiger partial charge in [-0.2, -0.15) is 0 Å². The van der Waals surface area contributed by atoms with Crippen LogP contribution in [0.4, 0.5) is 0 Å². The summed E-state index contributed by atoms with van der Waals surface area (Å²) in [6, 6.07) is 30.3. The normalized spacial score (nSPS) is 10.7. The molecule has 5 aromatic rings. The van der Waals surface area contributed by atoms with Crippen molar-refractivity contribution in [3.8, 4) is 11.3 Å². The second-order valence-electron chi connectivity index (χ2n) is 7.09. The average Bonchev–Trinajstić information content (AvgIpc) is 2.79. The smallest absolute Gasteiger partial charge is 0.287 e. The summed E-state index contributed by atoms with van der Waals surface area (Å²) in [5.74, 6) is 0.0755. The molecule has 1 aromatic heterocycles. The number of hydrogen-bond donors (Lipinski definition) is 0. The molecule has 146 valence electrons. The Morgan fingerprint density at radius 3 is 2.10 bits per heavy atom. The van der Waals surface area contributed by atoms with Crippen LogP contribution in [0.1, 0.15) is 10.4 Å². The van der Waals surface area contributed by atoms with Gasteiger partial charge in [0.2, 0.25) is 5.78 Å². The van der Waals surface area contributed by atoms with E-state index in [4.69, 9.17) is 0 Å². The Kier molecular flexibility index (Phi) is 5.68. The number of carbonyl (C=O) groups excluding carboxylic acids is 1. The Hall–Kier alpha value is -3.37. The Bertz CT molecular complexity index is 1340. The number of carbonyl (C=O) groups is 1. The van der Waals surface area contributed by atoms with Crippen molar-refractivity contribution in [1.82, 2.24) is 4.98 Å². The lowest BCUT2D eigenvalue weighted by Gasteiger charge is -2.06. The van der Waals surface area contributed by atoms with E-state index in [0.29, 0.717) is 0 Å². The van der Waals surface area contributed by atoms with Crippen LogP contribution in [0.2, 0.25) is 0 Å². The minimum absolute atomic E-state index is 0. The molecular weight excluding hydrogens is 436 g/mol. The monoisotopic (exact) mass is 455 g/mol. The first-order chi connectivity index (χ1) is 14.3. The molecule has 30 heavy (non-hydrogen) atoms. The summed E-state index contributed by atoms with van der Waals surface area (Å²) in [7, 11) is 0. The highest BCUT2D eigenvalue weighted by Crippen LogP contribution is 2.26. The minimum atomic E-state index is 0. The van der Waals surface area contributed by atoms with E-state index in [1.165, 1.54) is 10.8 Å². The first-order valence-corrected chi connectivity index (χ1v) is 9.64. The number of ketones is 1. The zero-order valence-electron chi connectivity index (χ0n) is 16.2. The fourth-order valence-corrected chi connectivity index (χ4v) is 3.81. The third-order valence-electron chi connectivity index (χ3n) is 5.25. The summed E-state index contributed by atoms with van der Waals surface area (Å²) < 4.78 is 1.83. The van der Waals surface area contributed by atoms with Crippen molar-refractivity contribution in [1.29, 1.82) is 0 Å². The summed E-state index contributed by atoms with van der Waals surface area (Å²) >= 11 is 0. The second-order valence-corrected chi connectivity index (χ2v) is 7.09. The summed E-state index contributed by atoms with van der Waals surface area (Å²) in [6.45, 7) is 0.261. The molecule has 0 saturated carbocycles. The molecule has 0 spiro atoms. The van der Waals surface area contributed by atoms with Crippen molar-refractivity contribution in [3.05, 3.63) is 109 Å². The lowest BCUT2D eigenvalue weighted by molar-refractivity contribution is -0.686. The molecule has 4 heteroatoms. The van der Waals surface area contributed by atoms with Gasteiger partial charge in [0, 0.05) is 17.2 Å². The van der Waals surface area contributed by atoms with E-state index < -0.39 is 0 Å². The van der Waals surface area contributed by atoms with Gasteiger partial charge in [-0.05, 0) is 32.6 Å². The number of halogens is 1. The van der Waals surface area contributed by atoms with Crippen molar-refractivity contribution in [2.24, 2.45) is 0 Å². The molecule has 4 aromatic carbocycles. The van der Waals surface area contributed by atoms with Crippen LogP contribution in [0.15, 0.2) is 104 Å². The predicted octanol–water partition coefficient (Wildman–Crippen LogP) is 5.80. The van der Waals surface area contributed by atoms with Gasteiger partial charge in [-0.25, -0.2) is 4.57 Å². The van der Waals surface area contributed by atoms with E-state index in [1.807, 2.05) is 77.5 Å². The Morgan fingerprint density at radius 1 is 0.733 bits per heavy atom. The summed E-state index contributed by atoms with van der Waals surface area (Å²) in [6.07, 6.45) is 3.66. The van der Waals surface area contributed by atoms with Crippen molar-refractivity contribution in [2.75, 3.05) is 0 Å². The lowest BCUT2D eigenvalue weighted by atomic mass is 10.0. The number of rotatable bonds is 4. The number of fused-ring (bicyclic) bond motifs is 2. The minimum Gasteiger partial charge on any atom is -0.290 e. The number of aromatic nitrogens is 2. The molecule has 0 amide bonds. The van der Waals surface area contributed by atoms with Gasteiger partial charge in [-0.15, -0.1) is 17.0 Å².